The predicted octanol–water partition coefficient (Wildman–Crippen LogP) is 7.04. The summed E-state index contributed by atoms with van der Waals surface area (Å²) >= 11 is 0. The second-order valence-electron chi connectivity index (χ2n) is 11.2. The summed E-state index contributed by atoms with van der Waals surface area (Å²) in [6, 6.07) is 21.1. The quantitative estimate of drug-likeness (QED) is 0.193. The number of hydrogen-bond donors (Lipinski definition) is 1. The molecule has 1 heterocycles. The van der Waals surface area contributed by atoms with Gasteiger partial charge in [-0.1, -0.05) is 71.0 Å². The number of carbonyl (C=O) groups excluding carboxylic acids is 2. The minimum absolute atomic E-state index is 0.0402. The molecular formula is C33H37NO5. The maximum atomic E-state index is 13.5. The van der Waals surface area contributed by atoms with Gasteiger partial charge in [0.2, 0.25) is 0 Å². The lowest BCUT2D eigenvalue weighted by atomic mass is 9.85. The van der Waals surface area contributed by atoms with E-state index in [1.165, 1.54) is 4.90 Å². The summed E-state index contributed by atoms with van der Waals surface area (Å²) in [4.78, 5) is 28.5. The van der Waals surface area contributed by atoms with E-state index in [0.29, 0.717) is 41.9 Å². The van der Waals surface area contributed by atoms with Crippen LogP contribution in [0.4, 0.5) is 5.69 Å². The smallest absolute Gasteiger partial charge is 0.300 e. The van der Waals surface area contributed by atoms with Gasteiger partial charge in [-0.25, -0.2) is 0 Å². The molecule has 3 aromatic rings. The minimum Gasteiger partial charge on any atom is -0.507 e. The Morgan fingerprint density at radius 2 is 1.59 bits per heavy atom. The molecule has 1 fully saturated rings. The summed E-state index contributed by atoms with van der Waals surface area (Å²) in [6.45, 7) is 13.4. The van der Waals surface area contributed by atoms with Gasteiger partial charge in [0.15, 0.2) is 0 Å². The molecule has 39 heavy (non-hydrogen) atoms. The van der Waals surface area contributed by atoms with E-state index in [1.807, 2.05) is 31.2 Å². The Bertz CT molecular complexity index is 1360. The molecule has 6 heteroatoms. The maximum absolute atomic E-state index is 13.5. The topological polar surface area (TPSA) is 76.1 Å². The highest BCUT2D eigenvalue weighted by atomic mass is 16.5. The molecule has 1 saturated heterocycles. The van der Waals surface area contributed by atoms with Gasteiger partial charge in [-0.2, -0.15) is 0 Å². The fourth-order valence-electron chi connectivity index (χ4n) is 4.60. The zero-order valence-electron chi connectivity index (χ0n) is 23.5. The van der Waals surface area contributed by atoms with Crippen LogP contribution in [0.25, 0.3) is 5.76 Å². The minimum atomic E-state index is -0.808. The Morgan fingerprint density at radius 3 is 2.18 bits per heavy atom. The average Bonchev–Trinajstić information content (AvgIpc) is 3.17. The number of Topliss-reactive ketones (excluding diaryl/α,β-unsaturated/α-hetero) is 1. The van der Waals surface area contributed by atoms with Gasteiger partial charge in [-0.3, -0.25) is 14.5 Å². The van der Waals surface area contributed by atoms with Crippen molar-refractivity contribution in [2.75, 3.05) is 18.1 Å². The van der Waals surface area contributed by atoms with Crippen LogP contribution in [-0.2, 0) is 15.0 Å². The first-order chi connectivity index (χ1) is 18.5. The van der Waals surface area contributed by atoms with Crippen molar-refractivity contribution >= 4 is 23.1 Å². The van der Waals surface area contributed by atoms with Crippen LogP contribution in [0.1, 0.15) is 64.3 Å². The van der Waals surface area contributed by atoms with E-state index >= 15 is 0 Å². The molecule has 0 aliphatic carbocycles. The predicted molar refractivity (Wildman–Crippen MR) is 154 cm³/mol. The number of ketones is 1. The van der Waals surface area contributed by atoms with Crippen molar-refractivity contribution in [3.63, 3.8) is 0 Å². The van der Waals surface area contributed by atoms with Gasteiger partial charge in [0.1, 0.15) is 17.3 Å². The Labute approximate surface area is 230 Å². The lowest BCUT2D eigenvalue weighted by Crippen LogP contribution is -2.29. The molecule has 1 atom stereocenters. The Balaban J connectivity index is 1.85. The summed E-state index contributed by atoms with van der Waals surface area (Å²) < 4.78 is 11.4. The van der Waals surface area contributed by atoms with E-state index in [4.69, 9.17) is 9.47 Å². The Kier molecular flexibility index (Phi) is 8.14. The highest BCUT2D eigenvalue weighted by molar-refractivity contribution is 6.51. The number of benzene rings is 3. The molecule has 0 bridgehead atoms. The summed E-state index contributed by atoms with van der Waals surface area (Å²) in [5.41, 5.74) is 2.78. The molecule has 1 aliphatic heterocycles. The molecule has 0 spiro atoms. The molecule has 204 valence electrons. The van der Waals surface area contributed by atoms with Gasteiger partial charge in [-0.15, -0.1) is 0 Å². The van der Waals surface area contributed by atoms with Gasteiger partial charge < -0.3 is 14.6 Å². The first kappa shape index (κ1) is 28.0. The van der Waals surface area contributed by atoms with Crippen LogP contribution in [0, 0.1) is 5.92 Å². The van der Waals surface area contributed by atoms with Crippen LogP contribution >= 0.6 is 0 Å². The molecule has 0 radical (unpaired) electrons. The number of nitrogens with zero attached hydrogens (tertiary/aromatic N) is 1. The van der Waals surface area contributed by atoms with E-state index in [0.717, 1.165) is 11.1 Å². The van der Waals surface area contributed by atoms with Crippen molar-refractivity contribution in [3.05, 3.63) is 95.1 Å². The van der Waals surface area contributed by atoms with E-state index < -0.39 is 17.7 Å². The first-order valence-electron chi connectivity index (χ1n) is 13.4. The molecule has 1 aliphatic rings. The number of rotatable bonds is 8. The number of aliphatic hydroxyl groups excluding tert-OH is 1. The summed E-state index contributed by atoms with van der Waals surface area (Å²) in [7, 11) is 0. The molecule has 0 aromatic heterocycles. The van der Waals surface area contributed by atoms with Crippen LogP contribution in [-0.4, -0.2) is 30.0 Å². The summed E-state index contributed by atoms with van der Waals surface area (Å²) in [6.07, 6.45) is 0. The standard InChI is InChI=1S/C33H37NO5/c1-7-38-26-17-15-25(16-18-26)34-29(22-11-13-24(14-12-22)33(4,5)6)28(31(36)32(34)37)30(35)23-9-8-10-27(19-23)39-20-21(2)3/h8-19,21,29,35H,7,20H2,1-6H3/b30-28-. The molecule has 1 unspecified atom stereocenters. The second-order valence-corrected chi connectivity index (χ2v) is 11.2. The zero-order chi connectivity index (χ0) is 28.3. The van der Waals surface area contributed by atoms with Gasteiger partial charge in [0.05, 0.1) is 24.8 Å². The first-order valence-corrected chi connectivity index (χ1v) is 13.4. The van der Waals surface area contributed by atoms with E-state index in [1.54, 1.807) is 48.5 Å². The lowest BCUT2D eigenvalue weighted by molar-refractivity contribution is -0.132. The highest BCUT2D eigenvalue weighted by Crippen LogP contribution is 2.43. The van der Waals surface area contributed by atoms with E-state index in [9.17, 15) is 14.7 Å². The van der Waals surface area contributed by atoms with Crippen molar-refractivity contribution in [2.24, 2.45) is 5.92 Å². The maximum Gasteiger partial charge on any atom is 0.300 e. The van der Waals surface area contributed by atoms with Gasteiger partial charge >= 0.3 is 0 Å². The third-order valence-corrected chi connectivity index (χ3v) is 6.65. The van der Waals surface area contributed by atoms with Gasteiger partial charge in [-0.05, 0) is 65.8 Å². The van der Waals surface area contributed by atoms with Crippen molar-refractivity contribution in [3.8, 4) is 11.5 Å². The third-order valence-electron chi connectivity index (χ3n) is 6.65. The van der Waals surface area contributed by atoms with E-state index in [-0.39, 0.29) is 16.7 Å². The molecule has 4 rings (SSSR count). The molecule has 6 nitrogen and oxygen atoms in total. The average molecular weight is 528 g/mol. The molecule has 1 amide bonds. The number of carbonyl (C=O) groups is 2. The Morgan fingerprint density at radius 1 is 0.923 bits per heavy atom. The lowest BCUT2D eigenvalue weighted by Gasteiger charge is -2.27. The van der Waals surface area contributed by atoms with Crippen molar-refractivity contribution in [1.29, 1.82) is 0 Å². The summed E-state index contributed by atoms with van der Waals surface area (Å²) in [5.74, 6) is -0.0845. The van der Waals surface area contributed by atoms with Crippen LogP contribution in [0.3, 0.4) is 0 Å². The number of hydrogen-bond acceptors (Lipinski definition) is 5. The number of anilines is 1. The molecule has 0 saturated carbocycles. The van der Waals surface area contributed by atoms with Crippen molar-refractivity contribution < 1.29 is 24.2 Å². The number of amides is 1. The monoisotopic (exact) mass is 527 g/mol. The number of ether oxygens (including phenoxy) is 2. The highest BCUT2D eigenvalue weighted by Gasteiger charge is 2.47. The second kappa shape index (κ2) is 11.4. The number of aliphatic hydroxyl groups is 1. The van der Waals surface area contributed by atoms with Crippen LogP contribution in [0.2, 0.25) is 0 Å². The third kappa shape index (κ3) is 6.00. The zero-order valence-corrected chi connectivity index (χ0v) is 23.5. The van der Waals surface area contributed by atoms with Gasteiger partial charge in [0, 0.05) is 11.3 Å². The fourth-order valence-corrected chi connectivity index (χ4v) is 4.60. The Hall–Kier alpha value is -4.06. The van der Waals surface area contributed by atoms with Crippen LogP contribution in [0.5, 0.6) is 11.5 Å². The SMILES string of the molecule is CCOc1ccc(N2C(=O)C(=O)/C(=C(\O)c3cccc(OCC(C)C)c3)C2c2ccc(C(C)(C)C)cc2)cc1. The molecule has 3 aromatic carbocycles. The van der Waals surface area contributed by atoms with Crippen molar-refractivity contribution in [1.82, 2.24) is 0 Å². The van der Waals surface area contributed by atoms with Crippen LogP contribution in [0.15, 0.2) is 78.4 Å². The normalized spacial score (nSPS) is 17.1. The summed E-state index contributed by atoms with van der Waals surface area (Å²) in [5, 5.41) is 11.5. The largest absolute Gasteiger partial charge is 0.507 e. The van der Waals surface area contributed by atoms with Gasteiger partial charge in [0.25, 0.3) is 11.7 Å². The fraction of sp³-hybridized carbons (Fsp3) is 0.333. The molecular weight excluding hydrogens is 490 g/mol. The molecule has 1 N–H and O–H groups in total. The van der Waals surface area contributed by atoms with E-state index in [2.05, 4.69) is 34.6 Å². The van der Waals surface area contributed by atoms with Crippen LogP contribution < -0.4 is 14.4 Å². The van der Waals surface area contributed by atoms with Crippen molar-refractivity contribution in [2.45, 2.75) is 53.0 Å².